The number of nitrogens with zero attached hydrogens (tertiary/aromatic N) is 2. The van der Waals surface area contributed by atoms with E-state index in [1.54, 1.807) is 17.3 Å². The molecule has 1 aliphatic heterocycles. The fraction of sp³-hybridized carbons (Fsp3) is 0. The van der Waals surface area contributed by atoms with E-state index in [0.717, 1.165) is 15.7 Å². The van der Waals surface area contributed by atoms with Crippen LogP contribution in [0.25, 0.3) is 6.08 Å². The van der Waals surface area contributed by atoms with Gasteiger partial charge < -0.3 is 0 Å². The molecule has 1 saturated heterocycles. The molecule has 0 atom stereocenters. The third kappa shape index (κ3) is 3.07. The first-order valence-electron chi connectivity index (χ1n) is 6.09. The second-order valence-electron chi connectivity index (χ2n) is 4.28. The Kier molecular flexibility index (Phi) is 4.19. The van der Waals surface area contributed by atoms with Gasteiger partial charge in [0, 0.05) is 16.9 Å². The maximum atomic E-state index is 12.6. The largest absolute Gasteiger partial charge is 0.270 e. The molecular formula is C15H9BrN2OS2. The van der Waals surface area contributed by atoms with Crippen molar-refractivity contribution in [2.24, 2.45) is 0 Å². The van der Waals surface area contributed by atoms with Crippen molar-refractivity contribution in [2.45, 2.75) is 0 Å². The standard InChI is InChI=1S/C15H9BrN2OS2/c16-11-2-1-3-12(9-11)18-14(19)13(21-15(18)20)8-10-4-6-17-7-5-10/h1-9H. The molecule has 0 aliphatic carbocycles. The number of pyridine rings is 1. The highest BCUT2D eigenvalue weighted by atomic mass is 79.9. The van der Waals surface area contributed by atoms with Gasteiger partial charge in [0.2, 0.25) is 0 Å². The molecule has 1 aromatic carbocycles. The second-order valence-corrected chi connectivity index (χ2v) is 6.87. The first-order chi connectivity index (χ1) is 10.1. The van der Waals surface area contributed by atoms with Crippen LogP contribution >= 0.6 is 39.9 Å². The molecule has 2 aromatic rings. The summed E-state index contributed by atoms with van der Waals surface area (Å²) >= 11 is 10.1. The number of thiocarbonyl (C=S) groups is 1. The minimum absolute atomic E-state index is 0.0973. The van der Waals surface area contributed by atoms with E-state index >= 15 is 0 Å². The molecule has 1 fully saturated rings. The number of rotatable bonds is 2. The van der Waals surface area contributed by atoms with Crippen molar-refractivity contribution in [1.29, 1.82) is 0 Å². The Bertz CT molecular complexity index is 746. The van der Waals surface area contributed by atoms with Crippen molar-refractivity contribution in [1.82, 2.24) is 4.98 Å². The van der Waals surface area contributed by atoms with Crippen LogP contribution in [0.1, 0.15) is 5.56 Å². The molecule has 0 unspecified atom stereocenters. The fourth-order valence-corrected chi connectivity index (χ4v) is 3.60. The summed E-state index contributed by atoms with van der Waals surface area (Å²) < 4.78 is 1.45. The number of halogens is 1. The lowest BCUT2D eigenvalue weighted by Gasteiger charge is -2.14. The zero-order chi connectivity index (χ0) is 14.8. The molecule has 6 heteroatoms. The molecule has 0 saturated carbocycles. The van der Waals surface area contributed by atoms with Crippen molar-refractivity contribution >= 4 is 61.9 Å². The Morgan fingerprint density at radius 2 is 2.00 bits per heavy atom. The predicted octanol–water partition coefficient (Wildman–Crippen LogP) is 4.25. The van der Waals surface area contributed by atoms with Crippen LogP contribution in [0, 0.1) is 0 Å². The van der Waals surface area contributed by atoms with Crippen molar-refractivity contribution in [2.75, 3.05) is 4.90 Å². The highest BCUT2D eigenvalue weighted by Gasteiger charge is 2.33. The summed E-state index contributed by atoms with van der Waals surface area (Å²) in [5, 5.41) is 0. The number of carbonyl (C=O) groups excluding carboxylic acids is 1. The Labute approximate surface area is 140 Å². The molecule has 0 spiro atoms. The molecule has 1 amide bonds. The molecule has 1 aromatic heterocycles. The lowest BCUT2D eigenvalue weighted by molar-refractivity contribution is -0.113. The van der Waals surface area contributed by atoms with Gasteiger partial charge in [-0.3, -0.25) is 14.7 Å². The topological polar surface area (TPSA) is 33.2 Å². The Hall–Kier alpha value is -1.50. The summed E-state index contributed by atoms with van der Waals surface area (Å²) in [4.78, 5) is 18.7. The number of benzene rings is 1. The summed E-state index contributed by atoms with van der Waals surface area (Å²) in [5.74, 6) is -0.0973. The highest BCUT2D eigenvalue weighted by Crippen LogP contribution is 2.36. The Balaban J connectivity index is 1.94. The number of hydrogen-bond donors (Lipinski definition) is 0. The SMILES string of the molecule is O=C1C(=Cc2ccncc2)SC(=S)N1c1cccc(Br)c1. The van der Waals surface area contributed by atoms with Gasteiger partial charge in [-0.25, -0.2) is 0 Å². The third-order valence-corrected chi connectivity index (χ3v) is 4.66. The summed E-state index contributed by atoms with van der Waals surface area (Å²) in [6.07, 6.45) is 5.22. The fourth-order valence-electron chi connectivity index (χ4n) is 1.92. The van der Waals surface area contributed by atoms with Crippen LogP contribution in [0.5, 0.6) is 0 Å². The minimum Gasteiger partial charge on any atom is -0.268 e. The quantitative estimate of drug-likeness (QED) is 0.579. The van der Waals surface area contributed by atoms with Crippen LogP contribution in [-0.2, 0) is 4.79 Å². The molecule has 0 N–H and O–H groups in total. The van der Waals surface area contributed by atoms with E-state index in [-0.39, 0.29) is 5.91 Å². The molecule has 104 valence electrons. The van der Waals surface area contributed by atoms with Crippen molar-refractivity contribution in [3.8, 4) is 0 Å². The van der Waals surface area contributed by atoms with Crippen LogP contribution < -0.4 is 4.90 Å². The molecule has 0 bridgehead atoms. The van der Waals surface area contributed by atoms with Crippen molar-refractivity contribution in [3.05, 3.63) is 63.7 Å². The number of amides is 1. The first kappa shape index (κ1) is 14.4. The molecule has 3 nitrogen and oxygen atoms in total. The molecule has 21 heavy (non-hydrogen) atoms. The van der Waals surface area contributed by atoms with Gasteiger partial charge >= 0.3 is 0 Å². The lowest BCUT2D eigenvalue weighted by atomic mass is 10.2. The zero-order valence-electron chi connectivity index (χ0n) is 10.7. The van der Waals surface area contributed by atoms with Gasteiger partial charge in [-0.1, -0.05) is 46.0 Å². The molecule has 0 radical (unpaired) electrons. The van der Waals surface area contributed by atoms with E-state index in [9.17, 15) is 4.79 Å². The first-order valence-corrected chi connectivity index (χ1v) is 8.10. The number of hydrogen-bond acceptors (Lipinski definition) is 4. The van der Waals surface area contributed by atoms with Crippen LogP contribution in [0.4, 0.5) is 5.69 Å². The van der Waals surface area contributed by atoms with Gasteiger partial charge in [0.05, 0.1) is 10.6 Å². The van der Waals surface area contributed by atoms with Gasteiger partial charge in [0.15, 0.2) is 4.32 Å². The lowest BCUT2D eigenvalue weighted by Crippen LogP contribution is -2.27. The van der Waals surface area contributed by atoms with E-state index in [2.05, 4.69) is 20.9 Å². The van der Waals surface area contributed by atoms with Gasteiger partial charge in [0.25, 0.3) is 5.91 Å². The monoisotopic (exact) mass is 376 g/mol. The molecule has 1 aliphatic rings. The molecule has 2 heterocycles. The van der Waals surface area contributed by atoms with E-state index in [1.165, 1.54) is 11.8 Å². The highest BCUT2D eigenvalue weighted by molar-refractivity contribution is 9.10. The van der Waals surface area contributed by atoms with Gasteiger partial charge in [-0.2, -0.15) is 0 Å². The Morgan fingerprint density at radius 3 is 2.71 bits per heavy atom. The van der Waals surface area contributed by atoms with E-state index in [4.69, 9.17) is 12.2 Å². The van der Waals surface area contributed by atoms with E-state index in [1.807, 2.05) is 42.5 Å². The maximum absolute atomic E-state index is 12.6. The van der Waals surface area contributed by atoms with Crippen LogP contribution in [0.15, 0.2) is 58.2 Å². The molecule has 3 rings (SSSR count). The summed E-state index contributed by atoms with van der Waals surface area (Å²) in [5.41, 5.74) is 1.70. The summed E-state index contributed by atoms with van der Waals surface area (Å²) in [7, 11) is 0. The predicted molar refractivity (Wildman–Crippen MR) is 94.0 cm³/mol. The van der Waals surface area contributed by atoms with Crippen molar-refractivity contribution < 1.29 is 4.79 Å². The smallest absolute Gasteiger partial charge is 0.268 e. The van der Waals surface area contributed by atoms with Crippen molar-refractivity contribution in [3.63, 3.8) is 0 Å². The van der Waals surface area contributed by atoms with Crippen LogP contribution in [0.2, 0.25) is 0 Å². The number of anilines is 1. The summed E-state index contributed by atoms with van der Waals surface area (Å²) in [6.45, 7) is 0. The minimum atomic E-state index is -0.0973. The number of thioether (sulfide) groups is 1. The second kappa shape index (κ2) is 6.09. The number of carbonyl (C=O) groups is 1. The van der Waals surface area contributed by atoms with Gasteiger partial charge in [-0.15, -0.1) is 0 Å². The average molecular weight is 377 g/mol. The average Bonchev–Trinajstić information content (AvgIpc) is 2.74. The zero-order valence-corrected chi connectivity index (χ0v) is 13.9. The maximum Gasteiger partial charge on any atom is 0.270 e. The van der Waals surface area contributed by atoms with Crippen LogP contribution in [0.3, 0.4) is 0 Å². The van der Waals surface area contributed by atoms with Gasteiger partial charge in [0.1, 0.15) is 0 Å². The molecular weight excluding hydrogens is 368 g/mol. The van der Waals surface area contributed by atoms with Crippen LogP contribution in [-0.4, -0.2) is 15.2 Å². The third-order valence-electron chi connectivity index (χ3n) is 2.86. The van der Waals surface area contributed by atoms with E-state index in [0.29, 0.717) is 9.23 Å². The van der Waals surface area contributed by atoms with E-state index < -0.39 is 0 Å². The Morgan fingerprint density at radius 1 is 1.24 bits per heavy atom. The van der Waals surface area contributed by atoms with Gasteiger partial charge in [-0.05, 0) is 42.0 Å². The summed E-state index contributed by atoms with van der Waals surface area (Å²) in [6, 6.07) is 11.2. The number of aromatic nitrogens is 1. The normalized spacial score (nSPS) is 16.8.